The third kappa shape index (κ3) is 6.90. The maximum Gasteiger partial charge on any atom is 0.384 e. The Morgan fingerprint density at radius 3 is 0.865 bits per heavy atom. The molecule has 0 aliphatic rings. The minimum atomic E-state index is -8.21. The standard InChI is InChI=1S/C26H16F24N2/c27-15(28)19(35,36)23(43,44)25(47,48)21(39,40)17(31,32)9-11(13-5-1-3-7-51-13)12(14-6-2-4-8-52-14)10-18(33,34)22(41,42)26(49,50)24(45,46)20(37,38)16(29)30/h1-8,11-12,15-16H,9-10H2/t11-,12+. The summed E-state index contributed by atoms with van der Waals surface area (Å²) in [7, 11) is 0. The molecule has 2 aromatic heterocycles. The Balaban J connectivity index is 2.86. The number of alkyl halides is 24. The molecule has 2 heterocycles. The molecule has 0 saturated heterocycles. The van der Waals surface area contributed by atoms with E-state index in [1.807, 2.05) is 0 Å². The number of aromatic nitrogens is 2. The number of pyridine rings is 2. The van der Waals surface area contributed by atoms with Crippen molar-refractivity contribution < 1.29 is 105 Å². The lowest BCUT2D eigenvalue weighted by atomic mass is 9.75. The van der Waals surface area contributed by atoms with Crippen LogP contribution < -0.4 is 0 Å². The summed E-state index contributed by atoms with van der Waals surface area (Å²) in [6, 6.07) is 3.29. The molecule has 0 bridgehead atoms. The Morgan fingerprint density at radius 2 is 0.654 bits per heavy atom. The van der Waals surface area contributed by atoms with Gasteiger partial charge in [-0.05, 0) is 24.3 Å². The van der Waals surface area contributed by atoms with Gasteiger partial charge in [0.05, 0.1) is 0 Å². The van der Waals surface area contributed by atoms with Crippen LogP contribution in [0.25, 0.3) is 0 Å². The van der Waals surface area contributed by atoms with Crippen LogP contribution >= 0.6 is 0 Å². The van der Waals surface area contributed by atoms with Gasteiger partial charge in [-0.15, -0.1) is 0 Å². The number of nitrogens with zero attached hydrogens (tertiary/aromatic N) is 2. The van der Waals surface area contributed by atoms with Gasteiger partial charge in [-0.1, -0.05) is 12.1 Å². The second-order valence-electron chi connectivity index (χ2n) is 10.8. The molecule has 2 nitrogen and oxygen atoms in total. The molecule has 26 heteroatoms. The Bertz CT molecular complexity index is 1370. The predicted molar refractivity (Wildman–Crippen MR) is 125 cm³/mol. The summed E-state index contributed by atoms with van der Waals surface area (Å²) in [5.41, 5.74) is -2.91. The lowest BCUT2D eigenvalue weighted by molar-refractivity contribution is -0.415. The maximum absolute atomic E-state index is 15.1. The van der Waals surface area contributed by atoms with Crippen molar-refractivity contribution in [2.75, 3.05) is 0 Å². The lowest BCUT2D eigenvalue weighted by Crippen LogP contribution is -2.69. The first-order valence-corrected chi connectivity index (χ1v) is 13.2. The summed E-state index contributed by atoms with van der Waals surface area (Å²) >= 11 is 0. The Labute approximate surface area is 273 Å². The van der Waals surface area contributed by atoms with E-state index in [0.29, 0.717) is 24.5 Å². The fourth-order valence-corrected chi connectivity index (χ4v) is 4.45. The minimum absolute atomic E-state index is 0.273. The summed E-state index contributed by atoms with van der Waals surface area (Å²) in [5, 5.41) is 0. The molecule has 2 aromatic rings. The van der Waals surface area contributed by atoms with Crippen molar-refractivity contribution in [3.05, 3.63) is 60.2 Å². The first-order chi connectivity index (χ1) is 23.0. The Hall–Kier alpha value is -3.38. The van der Waals surface area contributed by atoms with E-state index in [1.54, 1.807) is 0 Å². The molecule has 0 aliphatic carbocycles. The highest BCUT2D eigenvalue weighted by molar-refractivity contribution is 5.24. The summed E-state index contributed by atoms with van der Waals surface area (Å²) in [6.07, 6.45) is -17.9. The van der Waals surface area contributed by atoms with E-state index in [1.165, 1.54) is 0 Å². The number of rotatable bonds is 17. The molecule has 2 atom stereocenters. The second-order valence-corrected chi connectivity index (χ2v) is 10.8. The third-order valence-corrected chi connectivity index (χ3v) is 7.46. The highest BCUT2D eigenvalue weighted by Gasteiger charge is 2.89. The van der Waals surface area contributed by atoms with Crippen LogP contribution in [0.2, 0.25) is 0 Å². The largest absolute Gasteiger partial charge is 0.384 e. The topological polar surface area (TPSA) is 25.8 Å². The van der Waals surface area contributed by atoms with E-state index in [-0.39, 0.29) is 12.1 Å². The number of halogens is 24. The van der Waals surface area contributed by atoms with Gasteiger partial charge in [-0.25, -0.2) is 17.6 Å². The number of hydrogen-bond acceptors (Lipinski definition) is 2. The van der Waals surface area contributed by atoms with Crippen LogP contribution in [-0.2, 0) is 0 Å². The van der Waals surface area contributed by atoms with Crippen LogP contribution in [-0.4, -0.2) is 82.0 Å². The summed E-state index contributed by atoms with van der Waals surface area (Å²) in [6.45, 7) is 0. The van der Waals surface area contributed by atoms with Gasteiger partial charge in [-0.2, -0.15) is 87.8 Å². The summed E-state index contributed by atoms with van der Waals surface area (Å²) < 4.78 is 334. The highest BCUT2D eigenvalue weighted by Crippen LogP contribution is 2.63. The van der Waals surface area contributed by atoms with Gasteiger partial charge in [0.15, 0.2) is 0 Å². The monoisotopic (exact) mass is 812 g/mol. The lowest BCUT2D eigenvalue weighted by Gasteiger charge is -2.42. The van der Waals surface area contributed by atoms with Crippen molar-refractivity contribution in [3.8, 4) is 0 Å². The molecule has 0 spiro atoms. The average Bonchev–Trinajstić information content (AvgIpc) is 3.02. The zero-order chi connectivity index (χ0) is 40.9. The molecule has 0 amide bonds. The molecule has 298 valence electrons. The third-order valence-electron chi connectivity index (χ3n) is 7.46. The maximum atomic E-state index is 15.1. The van der Waals surface area contributed by atoms with E-state index >= 15 is 17.6 Å². The Kier molecular flexibility index (Phi) is 11.9. The zero-order valence-corrected chi connectivity index (χ0v) is 24.3. The van der Waals surface area contributed by atoms with Gasteiger partial charge < -0.3 is 0 Å². The molecule has 0 aromatic carbocycles. The van der Waals surface area contributed by atoms with Gasteiger partial charge in [0, 0.05) is 48.5 Å². The summed E-state index contributed by atoms with van der Waals surface area (Å²) in [5.74, 6) is -84.5. The van der Waals surface area contributed by atoms with Crippen LogP contribution in [0.15, 0.2) is 48.8 Å². The molecule has 0 unspecified atom stereocenters. The normalized spacial score (nSPS) is 16.4. The van der Waals surface area contributed by atoms with E-state index < -0.39 is 108 Å². The Morgan fingerprint density at radius 1 is 0.385 bits per heavy atom. The molecule has 0 aliphatic heterocycles. The molecule has 0 radical (unpaired) electrons. The van der Waals surface area contributed by atoms with Gasteiger partial charge in [0.1, 0.15) is 0 Å². The van der Waals surface area contributed by atoms with E-state index in [2.05, 4.69) is 9.97 Å². The van der Waals surface area contributed by atoms with Crippen molar-refractivity contribution in [2.45, 2.75) is 96.8 Å². The van der Waals surface area contributed by atoms with Gasteiger partial charge in [0.2, 0.25) is 0 Å². The first kappa shape index (κ1) is 44.8. The van der Waals surface area contributed by atoms with E-state index in [9.17, 15) is 87.8 Å². The van der Waals surface area contributed by atoms with E-state index in [4.69, 9.17) is 0 Å². The molecule has 0 fully saturated rings. The van der Waals surface area contributed by atoms with Gasteiger partial charge >= 0.3 is 72.1 Å². The van der Waals surface area contributed by atoms with Crippen LogP contribution in [0.4, 0.5) is 105 Å². The van der Waals surface area contributed by atoms with Crippen LogP contribution in [0, 0.1) is 0 Å². The zero-order valence-electron chi connectivity index (χ0n) is 24.3. The van der Waals surface area contributed by atoms with Crippen molar-refractivity contribution >= 4 is 0 Å². The second kappa shape index (κ2) is 13.8. The first-order valence-electron chi connectivity index (χ1n) is 13.2. The molecular weight excluding hydrogens is 796 g/mol. The van der Waals surface area contributed by atoms with Gasteiger partial charge in [0.25, 0.3) is 0 Å². The molecule has 2 rings (SSSR count). The highest BCUT2D eigenvalue weighted by atomic mass is 19.4. The number of hydrogen-bond donors (Lipinski definition) is 0. The average molecular weight is 812 g/mol. The van der Waals surface area contributed by atoms with Crippen molar-refractivity contribution in [2.24, 2.45) is 0 Å². The fourth-order valence-electron chi connectivity index (χ4n) is 4.45. The van der Waals surface area contributed by atoms with Crippen molar-refractivity contribution in [1.82, 2.24) is 9.97 Å². The van der Waals surface area contributed by atoms with Crippen LogP contribution in [0.3, 0.4) is 0 Å². The molecule has 0 saturated carbocycles. The van der Waals surface area contributed by atoms with Gasteiger partial charge in [-0.3, -0.25) is 9.97 Å². The van der Waals surface area contributed by atoms with Crippen LogP contribution in [0.1, 0.15) is 36.1 Å². The van der Waals surface area contributed by atoms with E-state index in [0.717, 1.165) is 12.1 Å². The predicted octanol–water partition coefficient (Wildman–Crippen LogP) is 11.0. The quantitative estimate of drug-likeness (QED) is 0.149. The SMILES string of the molecule is FC(F)C(F)(F)C(F)(F)C(F)(F)C(F)(F)C(F)(F)C[C@H](c1ccccn1)[C@@H](CC(F)(F)C(F)(F)C(F)(F)C(F)(F)C(F)(F)C(F)F)c1ccccn1. The molecule has 52 heavy (non-hydrogen) atoms. The molecular formula is C26H16F24N2. The summed E-state index contributed by atoms with van der Waals surface area (Å²) in [4.78, 5) is 6.31. The van der Waals surface area contributed by atoms with Crippen molar-refractivity contribution in [3.63, 3.8) is 0 Å². The fraction of sp³-hybridized carbons (Fsp3) is 0.615. The smallest absolute Gasteiger partial charge is 0.261 e. The van der Waals surface area contributed by atoms with Crippen LogP contribution in [0.5, 0.6) is 0 Å². The minimum Gasteiger partial charge on any atom is -0.261 e. The molecule has 0 N–H and O–H groups in total. The van der Waals surface area contributed by atoms with Crippen molar-refractivity contribution in [1.29, 1.82) is 0 Å².